The highest BCUT2D eigenvalue weighted by atomic mass is 35.5. The third kappa shape index (κ3) is 2.92. The molecule has 0 aliphatic carbocycles. The second-order valence-electron chi connectivity index (χ2n) is 4.65. The van der Waals surface area contributed by atoms with Crippen LogP contribution in [0.25, 0.3) is 10.9 Å². The third-order valence-electron chi connectivity index (χ3n) is 3.24. The highest BCUT2D eigenvalue weighted by Crippen LogP contribution is 2.20. The van der Waals surface area contributed by atoms with Gasteiger partial charge in [-0.15, -0.1) is 0 Å². The molecule has 0 atom stereocenters. The normalized spacial score (nSPS) is 10.9. The van der Waals surface area contributed by atoms with Crippen LogP contribution in [0.1, 0.15) is 0 Å². The van der Waals surface area contributed by atoms with E-state index >= 15 is 0 Å². The van der Waals surface area contributed by atoms with Crippen LogP contribution in [0.5, 0.6) is 0 Å². The molecule has 3 aromatic rings. The highest BCUT2D eigenvalue weighted by Gasteiger charge is 2.01. The molecule has 1 aromatic heterocycles. The third-order valence-corrected chi connectivity index (χ3v) is 3.71. The van der Waals surface area contributed by atoms with Gasteiger partial charge in [0.05, 0.1) is 0 Å². The summed E-state index contributed by atoms with van der Waals surface area (Å²) in [6.45, 7) is 1.70. The van der Waals surface area contributed by atoms with Crippen LogP contribution in [0.2, 0.25) is 10.0 Å². The highest BCUT2D eigenvalue weighted by molar-refractivity contribution is 6.31. The number of benzene rings is 2. The Morgan fingerprint density at radius 1 is 0.950 bits per heavy atom. The van der Waals surface area contributed by atoms with E-state index in [2.05, 4.69) is 22.1 Å². The summed E-state index contributed by atoms with van der Waals surface area (Å²) in [6.07, 6.45) is 2.08. The average molecular weight is 305 g/mol. The fraction of sp³-hybridized carbons (Fsp3) is 0.125. The van der Waals surface area contributed by atoms with Gasteiger partial charge in [0, 0.05) is 40.5 Å². The van der Waals surface area contributed by atoms with Gasteiger partial charge in [-0.25, -0.2) is 0 Å². The van der Waals surface area contributed by atoms with Gasteiger partial charge >= 0.3 is 0 Å². The van der Waals surface area contributed by atoms with E-state index in [9.17, 15) is 0 Å². The molecular weight excluding hydrogens is 291 g/mol. The van der Waals surface area contributed by atoms with Crippen LogP contribution in [0, 0.1) is 0 Å². The number of halogens is 2. The van der Waals surface area contributed by atoms with E-state index in [-0.39, 0.29) is 0 Å². The first-order valence-electron chi connectivity index (χ1n) is 6.46. The molecular formula is C16H14Cl2N2. The van der Waals surface area contributed by atoms with Gasteiger partial charge in [0.2, 0.25) is 0 Å². The van der Waals surface area contributed by atoms with E-state index in [4.69, 9.17) is 23.2 Å². The fourth-order valence-electron chi connectivity index (χ4n) is 2.27. The largest absolute Gasteiger partial charge is 0.383 e. The summed E-state index contributed by atoms with van der Waals surface area (Å²) in [5, 5.41) is 6.08. The Labute approximate surface area is 127 Å². The quantitative estimate of drug-likeness (QED) is 0.713. The Bertz CT molecular complexity index is 734. The van der Waals surface area contributed by atoms with Gasteiger partial charge in [-0.05, 0) is 41.8 Å². The molecule has 1 N–H and O–H groups in total. The van der Waals surface area contributed by atoms with E-state index in [1.165, 1.54) is 5.39 Å². The molecule has 0 saturated carbocycles. The maximum atomic E-state index is 6.05. The zero-order valence-electron chi connectivity index (χ0n) is 10.8. The van der Waals surface area contributed by atoms with Crippen molar-refractivity contribution >= 4 is 39.8 Å². The first-order valence-corrected chi connectivity index (χ1v) is 7.22. The summed E-state index contributed by atoms with van der Waals surface area (Å²) in [6, 6.07) is 15.8. The summed E-state index contributed by atoms with van der Waals surface area (Å²) >= 11 is 12.0. The lowest BCUT2D eigenvalue weighted by molar-refractivity contribution is 0.757. The maximum absolute atomic E-state index is 6.05. The number of hydrogen-bond donors (Lipinski definition) is 1. The number of hydrogen-bond acceptors (Lipinski definition) is 1. The van der Waals surface area contributed by atoms with Crippen LogP contribution in [-0.4, -0.2) is 11.1 Å². The van der Waals surface area contributed by atoms with Gasteiger partial charge in [-0.2, -0.15) is 0 Å². The summed E-state index contributed by atoms with van der Waals surface area (Å²) in [5.74, 6) is 0. The van der Waals surface area contributed by atoms with Crippen LogP contribution < -0.4 is 5.32 Å². The van der Waals surface area contributed by atoms with Crippen LogP contribution in [0.15, 0.2) is 54.7 Å². The minimum absolute atomic E-state index is 0.744. The summed E-state index contributed by atoms with van der Waals surface area (Å²) in [7, 11) is 0. The monoisotopic (exact) mass is 304 g/mol. The van der Waals surface area contributed by atoms with Crippen LogP contribution in [-0.2, 0) is 6.54 Å². The average Bonchev–Trinajstić information content (AvgIpc) is 2.82. The number of rotatable bonds is 4. The molecule has 0 aliphatic rings. The Morgan fingerprint density at radius 2 is 1.80 bits per heavy atom. The Kier molecular flexibility index (Phi) is 3.86. The summed E-state index contributed by atoms with van der Waals surface area (Å²) in [5.41, 5.74) is 2.19. The number of fused-ring (bicyclic) bond motifs is 1. The van der Waals surface area contributed by atoms with Crippen molar-refractivity contribution in [1.82, 2.24) is 4.57 Å². The van der Waals surface area contributed by atoms with Gasteiger partial charge in [0.25, 0.3) is 0 Å². The molecule has 3 rings (SSSR count). The molecule has 0 spiro atoms. The van der Waals surface area contributed by atoms with Crippen molar-refractivity contribution in [1.29, 1.82) is 0 Å². The van der Waals surface area contributed by atoms with E-state index in [1.54, 1.807) is 0 Å². The molecule has 2 aromatic carbocycles. The van der Waals surface area contributed by atoms with Crippen molar-refractivity contribution in [3.05, 3.63) is 64.8 Å². The van der Waals surface area contributed by atoms with Crippen LogP contribution >= 0.6 is 23.2 Å². The second-order valence-corrected chi connectivity index (χ2v) is 5.52. The van der Waals surface area contributed by atoms with Crippen LogP contribution in [0.3, 0.4) is 0 Å². The Morgan fingerprint density at radius 3 is 2.65 bits per heavy atom. The minimum Gasteiger partial charge on any atom is -0.383 e. The van der Waals surface area contributed by atoms with E-state index < -0.39 is 0 Å². The molecule has 0 unspecified atom stereocenters. The Hall–Kier alpha value is -1.64. The first-order chi connectivity index (χ1) is 9.72. The standard InChI is InChI=1S/C16H14Cl2N2/c17-13-2-1-3-15(10-13)19-7-9-20-8-6-12-4-5-14(18)11-16(12)20/h1-6,8,10-11,19H,7,9H2. The number of nitrogens with one attached hydrogen (secondary N) is 1. The van der Waals surface area contributed by atoms with Gasteiger partial charge in [0.15, 0.2) is 0 Å². The molecule has 0 amide bonds. The maximum Gasteiger partial charge on any atom is 0.0495 e. The lowest BCUT2D eigenvalue weighted by Crippen LogP contribution is -2.09. The minimum atomic E-state index is 0.744. The predicted octanol–water partition coefficient (Wildman–Crippen LogP) is 5.06. The topological polar surface area (TPSA) is 17.0 Å². The second kappa shape index (κ2) is 5.78. The van der Waals surface area contributed by atoms with Gasteiger partial charge in [-0.3, -0.25) is 0 Å². The molecule has 0 fully saturated rings. The van der Waals surface area contributed by atoms with Crippen LogP contribution in [0.4, 0.5) is 5.69 Å². The molecule has 2 nitrogen and oxygen atoms in total. The van der Waals surface area contributed by atoms with Gasteiger partial charge in [-0.1, -0.05) is 35.3 Å². The van der Waals surface area contributed by atoms with E-state index in [0.29, 0.717) is 0 Å². The van der Waals surface area contributed by atoms with Gasteiger partial charge in [0.1, 0.15) is 0 Å². The lowest BCUT2D eigenvalue weighted by atomic mass is 10.2. The molecule has 20 heavy (non-hydrogen) atoms. The molecule has 0 radical (unpaired) electrons. The first kappa shape index (κ1) is 13.3. The predicted molar refractivity (Wildman–Crippen MR) is 86.9 cm³/mol. The molecule has 102 valence electrons. The van der Waals surface area contributed by atoms with Gasteiger partial charge < -0.3 is 9.88 Å². The SMILES string of the molecule is Clc1cccc(NCCn2ccc3ccc(Cl)cc32)c1. The van der Waals surface area contributed by atoms with E-state index in [1.807, 2.05) is 42.5 Å². The lowest BCUT2D eigenvalue weighted by Gasteiger charge is -2.09. The number of nitrogens with zero attached hydrogens (tertiary/aromatic N) is 1. The smallest absolute Gasteiger partial charge is 0.0495 e. The van der Waals surface area contributed by atoms with Crippen molar-refractivity contribution in [2.45, 2.75) is 6.54 Å². The molecule has 4 heteroatoms. The van der Waals surface area contributed by atoms with Crippen molar-refractivity contribution in [2.24, 2.45) is 0 Å². The summed E-state index contributed by atoms with van der Waals surface area (Å²) < 4.78 is 2.19. The molecule has 0 aliphatic heterocycles. The van der Waals surface area contributed by atoms with E-state index in [0.717, 1.165) is 34.3 Å². The fourth-order valence-corrected chi connectivity index (χ4v) is 2.63. The Balaban J connectivity index is 1.69. The molecule has 0 bridgehead atoms. The molecule has 0 saturated heterocycles. The number of anilines is 1. The number of aromatic nitrogens is 1. The summed E-state index contributed by atoms with van der Waals surface area (Å²) in [4.78, 5) is 0. The zero-order chi connectivity index (χ0) is 13.9. The zero-order valence-corrected chi connectivity index (χ0v) is 12.3. The van der Waals surface area contributed by atoms with Crippen molar-refractivity contribution in [3.63, 3.8) is 0 Å². The van der Waals surface area contributed by atoms with Crippen molar-refractivity contribution < 1.29 is 0 Å². The van der Waals surface area contributed by atoms with Crippen molar-refractivity contribution in [3.8, 4) is 0 Å². The van der Waals surface area contributed by atoms with Crippen molar-refractivity contribution in [2.75, 3.05) is 11.9 Å². The molecule has 1 heterocycles.